The van der Waals surface area contributed by atoms with Gasteiger partial charge in [0.25, 0.3) is 0 Å². The average molecular weight is 401 g/mol. The molecule has 3 aromatic rings. The summed E-state index contributed by atoms with van der Waals surface area (Å²) < 4.78 is 21.2. The van der Waals surface area contributed by atoms with Crippen LogP contribution in [0.1, 0.15) is 23.1 Å². The molecular formula is C21H17ClO6. The molecule has 28 heavy (non-hydrogen) atoms. The maximum absolute atomic E-state index is 12.2. The molecular weight excluding hydrogens is 384 g/mol. The molecule has 1 aliphatic heterocycles. The van der Waals surface area contributed by atoms with Crippen LogP contribution in [0.4, 0.5) is 0 Å². The van der Waals surface area contributed by atoms with Gasteiger partial charge in [-0.05, 0) is 48.7 Å². The van der Waals surface area contributed by atoms with E-state index in [1.165, 1.54) is 6.07 Å². The van der Waals surface area contributed by atoms with E-state index in [9.17, 15) is 9.59 Å². The summed E-state index contributed by atoms with van der Waals surface area (Å²) in [5, 5.41) is 1.20. The zero-order valence-electron chi connectivity index (χ0n) is 15.1. The second kappa shape index (κ2) is 7.56. The predicted octanol–water partition coefficient (Wildman–Crippen LogP) is 4.16. The molecule has 0 unspecified atom stereocenters. The van der Waals surface area contributed by atoms with Crippen LogP contribution in [0.3, 0.4) is 0 Å². The Morgan fingerprint density at radius 3 is 2.82 bits per heavy atom. The fourth-order valence-corrected chi connectivity index (χ4v) is 3.20. The average Bonchev–Trinajstić information content (AvgIpc) is 3.13. The van der Waals surface area contributed by atoms with Crippen molar-refractivity contribution in [1.29, 1.82) is 0 Å². The first-order valence-electron chi connectivity index (χ1n) is 8.76. The number of esters is 1. The first kappa shape index (κ1) is 18.4. The molecule has 1 aromatic heterocycles. The number of hydrogen-bond acceptors (Lipinski definition) is 6. The topological polar surface area (TPSA) is 75.0 Å². The van der Waals surface area contributed by atoms with E-state index in [4.69, 9.17) is 30.2 Å². The number of ether oxygens (including phenoxy) is 3. The number of hydrogen-bond donors (Lipinski definition) is 0. The SMILES string of the molecule is Cc1cc2oc(=O)cc(COC(=O)CCc3ccc4c(c3)OCO4)c2cc1Cl. The number of fused-ring (bicyclic) bond motifs is 2. The van der Waals surface area contributed by atoms with Crippen LogP contribution in [0.25, 0.3) is 11.0 Å². The van der Waals surface area contributed by atoms with Gasteiger partial charge in [0.05, 0.1) is 0 Å². The number of carbonyl (C=O) groups is 1. The van der Waals surface area contributed by atoms with E-state index in [1.54, 1.807) is 12.1 Å². The molecule has 0 saturated heterocycles. The van der Waals surface area contributed by atoms with Crippen molar-refractivity contribution in [3.63, 3.8) is 0 Å². The fourth-order valence-electron chi connectivity index (χ4n) is 3.04. The minimum absolute atomic E-state index is 0.0263. The molecule has 144 valence electrons. The van der Waals surface area contributed by atoms with Gasteiger partial charge in [0, 0.05) is 28.5 Å². The highest BCUT2D eigenvalue weighted by atomic mass is 35.5. The summed E-state index contributed by atoms with van der Waals surface area (Å²) in [6, 6.07) is 10.3. The standard InChI is InChI=1S/C21H17ClO6/c1-12-6-18-15(9-16(12)22)14(8-21(24)28-18)10-25-20(23)5-3-13-2-4-17-19(7-13)27-11-26-17/h2,4,6-9H,3,5,10-11H2,1H3. The molecule has 0 amide bonds. The quantitative estimate of drug-likeness (QED) is 0.473. The molecule has 0 N–H and O–H groups in total. The lowest BCUT2D eigenvalue weighted by Crippen LogP contribution is -2.08. The summed E-state index contributed by atoms with van der Waals surface area (Å²) >= 11 is 6.17. The van der Waals surface area contributed by atoms with Gasteiger partial charge in [-0.1, -0.05) is 17.7 Å². The molecule has 0 spiro atoms. The van der Waals surface area contributed by atoms with E-state index in [1.807, 2.05) is 25.1 Å². The zero-order valence-corrected chi connectivity index (χ0v) is 15.9. The van der Waals surface area contributed by atoms with Crippen molar-refractivity contribution in [2.75, 3.05) is 6.79 Å². The van der Waals surface area contributed by atoms with Gasteiger partial charge < -0.3 is 18.6 Å². The van der Waals surface area contributed by atoms with Crippen molar-refractivity contribution in [2.45, 2.75) is 26.4 Å². The Bertz CT molecular complexity index is 1120. The van der Waals surface area contributed by atoms with Gasteiger partial charge in [-0.3, -0.25) is 4.79 Å². The van der Waals surface area contributed by atoms with E-state index in [-0.39, 0.29) is 25.8 Å². The van der Waals surface area contributed by atoms with Gasteiger partial charge in [0.1, 0.15) is 12.2 Å². The molecule has 2 aromatic carbocycles. The van der Waals surface area contributed by atoms with Crippen LogP contribution in [-0.4, -0.2) is 12.8 Å². The summed E-state index contributed by atoms with van der Waals surface area (Å²) in [5.41, 5.74) is 2.23. The van der Waals surface area contributed by atoms with Crippen LogP contribution in [0.15, 0.2) is 45.6 Å². The number of aryl methyl sites for hydroxylation is 2. The highest BCUT2D eigenvalue weighted by Gasteiger charge is 2.15. The number of benzene rings is 2. The fraction of sp³-hybridized carbons (Fsp3) is 0.238. The summed E-state index contributed by atoms with van der Waals surface area (Å²) in [6.45, 7) is 2.01. The van der Waals surface area contributed by atoms with Crippen LogP contribution >= 0.6 is 11.6 Å². The minimum atomic E-state index is -0.499. The molecule has 0 fully saturated rings. The second-order valence-electron chi connectivity index (χ2n) is 6.54. The van der Waals surface area contributed by atoms with E-state index in [0.29, 0.717) is 39.5 Å². The molecule has 0 radical (unpaired) electrons. The molecule has 7 heteroatoms. The Kier molecular flexibility index (Phi) is 4.96. The lowest BCUT2D eigenvalue weighted by molar-refractivity contribution is -0.144. The smallest absolute Gasteiger partial charge is 0.336 e. The first-order chi connectivity index (χ1) is 13.5. The second-order valence-corrected chi connectivity index (χ2v) is 6.94. The van der Waals surface area contributed by atoms with Gasteiger partial charge >= 0.3 is 11.6 Å². The Morgan fingerprint density at radius 1 is 1.14 bits per heavy atom. The van der Waals surface area contributed by atoms with Crippen LogP contribution in [0, 0.1) is 6.92 Å². The van der Waals surface area contributed by atoms with Gasteiger partial charge in [0.2, 0.25) is 6.79 Å². The third-order valence-electron chi connectivity index (χ3n) is 4.55. The Labute approximate surface area is 165 Å². The first-order valence-corrected chi connectivity index (χ1v) is 9.14. The number of rotatable bonds is 5. The molecule has 0 aliphatic carbocycles. The summed E-state index contributed by atoms with van der Waals surface area (Å²) in [5.74, 6) is 1.02. The Balaban J connectivity index is 1.42. The Morgan fingerprint density at radius 2 is 1.96 bits per heavy atom. The largest absolute Gasteiger partial charge is 0.461 e. The zero-order chi connectivity index (χ0) is 19.7. The van der Waals surface area contributed by atoms with Crippen molar-refractivity contribution < 1.29 is 23.4 Å². The number of halogens is 1. The van der Waals surface area contributed by atoms with Gasteiger partial charge in [-0.15, -0.1) is 0 Å². The van der Waals surface area contributed by atoms with Gasteiger partial charge in [-0.25, -0.2) is 4.79 Å². The van der Waals surface area contributed by atoms with E-state index < -0.39 is 5.63 Å². The number of carbonyl (C=O) groups excluding carboxylic acids is 1. The van der Waals surface area contributed by atoms with Crippen molar-refractivity contribution in [1.82, 2.24) is 0 Å². The molecule has 6 nitrogen and oxygen atoms in total. The van der Waals surface area contributed by atoms with Crippen molar-refractivity contribution >= 4 is 28.5 Å². The maximum Gasteiger partial charge on any atom is 0.336 e. The van der Waals surface area contributed by atoms with Crippen LogP contribution in [-0.2, 0) is 22.6 Å². The molecule has 0 bridgehead atoms. The van der Waals surface area contributed by atoms with E-state index in [2.05, 4.69) is 0 Å². The summed E-state index contributed by atoms with van der Waals surface area (Å²) in [7, 11) is 0. The highest BCUT2D eigenvalue weighted by Crippen LogP contribution is 2.32. The third-order valence-corrected chi connectivity index (χ3v) is 4.96. The Hall–Kier alpha value is -2.99. The molecule has 1 aliphatic rings. The monoisotopic (exact) mass is 400 g/mol. The predicted molar refractivity (Wildman–Crippen MR) is 103 cm³/mol. The molecule has 4 rings (SSSR count). The molecule has 0 saturated carbocycles. The van der Waals surface area contributed by atoms with Gasteiger partial charge in [0.15, 0.2) is 11.5 Å². The lowest BCUT2D eigenvalue weighted by Gasteiger charge is -2.09. The van der Waals surface area contributed by atoms with Crippen LogP contribution in [0.5, 0.6) is 11.5 Å². The van der Waals surface area contributed by atoms with E-state index >= 15 is 0 Å². The molecule has 0 atom stereocenters. The molecule has 2 heterocycles. The minimum Gasteiger partial charge on any atom is -0.461 e. The third kappa shape index (κ3) is 3.82. The van der Waals surface area contributed by atoms with Crippen molar-refractivity contribution in [2.24, 2.45) is 0 Å². The maximum atomic E-state index is 12.2. The van der Waals surface area contributed by atoms with E-state index in [0.717, 1.165) is 11.1 Å². The van der Waals surface area contributed by atoms with Crippen LogP contribution in [0.2, 0.25) is 5.02 Å². The summed E-state index contributed by atoms with van der Waals surface area (Å²) in [4.78, 5) is 23.9. The van der Waals surface area contributed by atoms with Crippen LogP contribution < -0.4 is 15.1 Å². The highest BCUT2D eigenvalue weighted by molar-refractivity contribution is 6.32. The normalized spacial score (nSPS) is 12.4. The van der Waals surface area contributed by atoms with Crippen molar-refractivity contribution in [3.8, 4) is 11.5 Å². The van der Waals surface area contributed by atoms with Gasteiger partial charge in [-0.2, -0.15) is 0 Å². The lowest BCUT2D eigenvalue weighted by atomic mass is 10.1. The van der Waals surface area contributed by atoms with Crippen molar-refractivity contribution in [3.05, 3.63) is 68.5 Å². The summed E-state index contributed by atoms with van der Waals surface area (Å²) in [6.07, 6.45) is 0.719.